The number of benzene rings is 2. The van der Waals surface area contributed by atoms with Crippen LogP contribution in [0.2, 0.25) is 0 Å². The van der Waals surface area contributed by atoms with Gasteiger partial charge in [-0.1, -0.05) is 30.3 Å². The molecule has 1 heterocycles. The van der Waals surface area contributed by atoms with Crippen LogP contribution in [0.5, 0.6) is 5.75 Å². The van der Waals surface area contributed by atoms with Gasteiger partial charge in [-0.15, -0.1) is 0 Å². The number of rotatable bonds is 5. The summed E-state index contributed by atoms with van der Waals surface area (Å²) >= 11 is 0. The molecular formula is C20H21NO4. The lowest BCUT2D eigenvalue weighted by Crippen LogP contribution is -2.38. The van der Waals surface area contributed by atoms with Gasteiger partial charge in [-0.2, -0.15) is 0 Å². The van der Waals surface area contributed by atoms with E-state index in [9.17, 15) is 9.90 Å². The van der Waals surface area contributed by atoms with E-state index >= 15 is 0 Å². The van der Waals surface area contributed by atoms with Gasteiger partial charge >= 0.3 is 0 Å². The normalized spacial score (nSPS) is 13.4. The summed E-state index contributed by atoms with van der Waals surface area (Å²) in [6.07, 6.45) is 0. The van der Waals surface area contributed by atoms with Gasteiger partial charge in [-0.25, -0.2) is 0 Å². The van der Waals surface area contributed by atoms with E-state index in [0.29, 0.717) is 28.0 Å². The van der Waals surface area contributed by atoms with Gasteiger partial charge in [0.15, 0.2) is 0 Å². The van der Waals surface area contributed by atoms with Crippen molar-refractivity contribution in [2.45, 2.75) is 19.4 Å². The number of nitrogens with one attached hydrogen (secondary N) is 1. The summed E-state index contributed by atoms with van der Waals surface area (Å²) in [4.78, 5) is 12.7. The molecule has 0 saturated heterocycles. The van der Waals surface area contributed by atoms with Crippen LogP contribution >= 0.6 is 0 Å². The van der Waals surface area contributed by atoms with Gasteiger partial charge in [0.1, 0.15) is 22.7 Å². The average molecular weight is 339 g/mol. The number of furan rings is 1. The first-order valence-electron chi connectivity index (χ1n) is 8.05. The highest BCUT2D eigenvalue weighted by molar-refractivity contribution is 6.07. The van der Waals surface area contributed by atoms with Crippen LogP contribution in [0.1, 0.15) is 28.6 Å². The molecule has 1 aromatic heterocycles. The molecular weight excluding hydrogens is 318 g/mol. The van der Waals surface area contributed by atoms with E-state index in [1.54, 1.807) is 39.2 Å². The summed E-state index contributed by atoms with van der Waals surface area (Å²) in [6.45, 7) is 3.51. The van der Waals surface area contributed by atoms with Gasteiger partial charge < -0.3 is 19.6 Å². The molecule has 3 aromatic rings. The first-order chi connectivity index (χ1) is 11.9. The van der Waals surface area contributed by atoms with Crippen molar-refractivity contribution in [3.05, 3.63) is 65.4 Å². The molecule has 1 atom stereocenters. The maximum absolute atomic E-state index is 12.7. The third-order valence-electron chi connectivity index (χ3n) is 4.29. The van der Waals surface area contributed by atoms with Crippen LogP contribution in [-0.2, 0) is 5.60 Å². The Bertz CT molecular complexity index is 897. The summed E-state index contributed by atoms with van der Waals surface area (Å²) in [5.74, 6) is 0.888. The molecule has 2 aromatic carbocycles. The van der Waals surface area contributed by atoms with Crippen molar-refractivity contribution < 1.29 is 19.1 Å². The van der Waals surface area contributed by atoms with E-state index in [1.807, 2.05) is 30.3 Å². The van der Waals surface area contributed by atoms with Gasteiger partial charge in [0.25, 0.3) is 5.91 Å². The molecule has 3 rings (SSSR count). The van der Waals surface area contributed by atoms with Crippen molar-refractivity contribution in [1.29, 1.82) is 0 Å². The number of aryl methyl sites for hydroxylation is 1. The third kappa shape index (κ3) is 3.37. The van der Waals surface area contributed by atoms with E-state index in [2.05, 4.69) is 5.32 Å². The largest absolute Gasteiger partial charge is 0.497 e. The Morgan fingerprint density at radius 3 is 2.64 bits per heavy atom. The zero-order chi connectivity index (χ0) is 18.0. The van der Waals surface area contributed by atoms with Crippen LogP contribution in [0.25, 0.3) is 11.0 Å². The average Bonchev–Trinajstić information content (AvgIpc) is 2.95. The van der Waals surface area contributed by atoms with Gasteiger partial charge in [0.2, 0.25) is 0 Å². The lowest BCUT2D eigenvalue weighted by atomic mass is 9.96. The summed E-state index contributed by atoms with van der Waals surface area (Å²) in [5.41, 5.74) is 0.656. The number of aliphatic hydroxyl groups is 1. The van der Waals surface area contributed by atoms with Gasteiger partial charge in [0, 0.05) is 5.39 Å². The molecule has 1 unspecified atom stereocenters. The molecule has 5 heteroatoms. The Morgan fingerprint density at radius 2 is 1.96 bits per heavy atom. The number of carbonyl (C=O) groups excluding carboxylic acids is 1. The molecule has 2 N–H and O–H groups in total. The number of amides is 1. The molecule has 0 aliphatic carbocycles. The fourth-order valence-electron chi connectivity index (χ4n) is 2.85. The molecule has 0 bridgehead atoms. The van der Waals surface area contributed by atoms with Crippen LogP contribution < -0.4 is 10.1 Å². The molecule has 25 heavy (non-hydrogen) atoms. The van der Waals surface area contributed by atoms with E-state index in [-0.39, 0.29) is 12.5 Å². The minimum atomic E-state index is -1.16. The molecule has 0 saturated carbocycles. The molecule has 0 radical (unpaired) electrons. The lowest BCUT2D eigenvalue weighted by molar-refractivity contribution is 0.0526. The van der Waals surface area contributed by atoms with Crippen molar-refractivity contribution in [1.82, 2.24) is 5.32 Å². The van der Waals surface area contributed by atoms with Crippen molar-refractivity contribution in [3.63, 3.8) is 0 Å². The summed E-state index contributed by atoms with van der Waals surface area (Å²) in [5, 5.41) is 14.1. The minimum absolute atomic E-state index is 0.0892. The number of hydrogen-bond donors (Lipinski definition) is 2. The lowest BCUT2D eigenvalue weighted by Gasteiger charge is -2.24. The van der Waals surface area contributed by atoms with Crippen molar-refractivity contribution in [2.75, 3.05) is 13.7 Å². The van der Waals surface area contributed by atoms with E-state index in [1.165, 1.54) is 0 Å². The second kappa shape index (κ2) is 6.61. The van der Waals surface area contributed by atoms with E-state index in [4.69, 9.17) is 9.15 Å². The van der Waals surface area contributed by atoms with E-state index < -0.39 is 5.60 Å². The summed E-state index contributed by atoms with van der Waals surface area (Å²) in [7, 11) is 1.57. The molecule has 1 amide bonds. The summed E-state index contributed by atoms with van der Waals surface area (Å²) < 4.78 is 10.9. The fraction of sp³-hybridized carbons (Fsp3) is 0.250. The van der Waals surface area contributed by atoms with Crippen LogP contribution in [-0.4, -0.2) is 24.7 Å². The van der Waals surface area contributed by atoms with Crippen LogP contribution in [0, 0.1) is 6.92 Å². The number of hydrogen-bond acceptors (Lipinski definition) is 4. The Balaban J connectivity index is 1.84. The Labute approximate surface area is 146 Å². The van der Waals surface area contributed by atoms with Gasteiger partial charge in [-0.05, 0) is 37.6 Å². The van der Waals surface area contributed by atoms with Gasteiger partial charge in [0.05, 0.1) is 19.2 Å². The smallest absolute Gasteiger partial charge is 0.255 e. The predicted octanol–water partition coefficient (Wildman–Crippen LogP) is 3.39. The van der Waals surface area contributed by atoms with Crippen LogP contribution in [0.15, 0.2) is 52.9 Å². The highest BCUT2D eigenvalue weighted by Gasteiger charge is 2.25. The van der Waals surface area contributed by atoms with Crippen LogP contribution in [0.4, 0.5) is 0 Å². The van der Waals surface area contributed by atoms with E-state index in [0.717, 1.165) is 5.56 Å². The topological polar surface area (TPSA) is 71.7 Å². The zero-order valence-electron chi connectivity index (χ0n) is 14.5. The monoisotopic (exact) mass is 339 g/mol. The summed E-state index contributed by atoms with van der Waals surface area (Å²) in [6, 6.07) is 14.6. The zero-order valence-corrected chi connectivity index (χ0v) is 14.5. The SMILES string of the molecule is COc1ccc2oc(C)c(C(=O)NCC(C)(O)c3ccccc3)c2c1. The Kier molecular flexibility index (Phi) is 4.51. The Morgan fingerprint density at radius 1 is 1.24 bits per heavy atom. The molecule has 0 aliphatic heterocycles. The number of methoxy groups -OCH3 is 1. The highest BCUT2D eigenvalue weighted by atomic mass is 16.5. The molecule has 5 nitrogen and oxygen atoms in total. The van der Waals surface area contributed by atoms with Crippen molar-refractivity contribution in [2.24, 2.45) is 0 Å². The minimum Gasteiger partial charge on any atom is -0.497 e. The molecule has 130 valence electrons. The maximum Gasteiger partial charge on any atom is 0.255 e. The van der Waals surface area contributed by atoms with Crippen molar-refractivity contribution >= 4 is 16.9 Å². The second-order valence-electron chi connectivity index (χ2n) is 6.22. The third-order valence-corrected chi connectivity index (χ3v) is 4.29. The number of carbonyl (C=O) groups is 1. The maximum atomic E-state index is 12.7. The molecule has 0 fully saturated rings. The number of ether oxygens (including phenoxy) is 1. The predicted molar refractivity (Wildman–Crippen MR) is 95.8 cm³/mol. The highest BCUT2D eigenvalue weighted by Crippen LogP contribution is 2.29. The molecule has 0 aliphatic rings. The standard InChI is InChI=1S/C20H21NO4/c1-13-18(16-11-15(24-3)9-10-17(16)25-13)19(22)21-12-20(2,23)14-7-5-4-6-8-14/h4-11,23H,12H2,1-3H3,(H,21,22). The first kappa shape index (κ1) is 17.0. The van der Waals surface area contributed by atoms with Crippen LogP contribution in [0.3, 0.4) is 0 Å². The second-order valence-corrected chi connectivity index (χ2v) is 6.22. The Hall–Kier alpha value is -2.79. The first-order valence-corrected chi connectivity index (χ1v) is 8.05. The quantitative estimate of drug-likeness (QED) is 0.747. The van der Waals surface area contributed by atoms with Gasteiger partial charge in [-0.3, -0.25) is 4.79 Å². The van der Waals surface area contributed by atoms with Crippen molar-refractivity contribution in [3.8, 4) is 5.75 Å². The molecule has 0 spiro atoms. The fourth-order valence-corrected chi connectivity index (χ4v) is 2.85. The number of fused-ring (bicyclic) bond motifs is 1.